The van der Waals surface area contributed by atoms with E-state index in [0.29, 0.717) is 37.3 Å². The molecule has 1 aromatic rings. The quantitative estimate of drug-likeness (QED) is 0.818. The third-order valence-electron chi connectivity index (χ3n) is 5.55. The monoisotopic (exact) mass is 346 g/mol. The van der Waals surface area contributed by atoms with Gasteiger partial charge >= 0.3 is 5.97 Å². The maximum atomic E-state index is 12.1. The van der Waals surface area contributed by atoms with Crippen LogP contribution in [0.25, 0.3) is 0 Å². The first-order valence-corrected chi connectivity index (χ1v) is 8.32. The van der Waals surface area contributed by atoms with E-state index >= 15 is 0 Å². The second-order valence-corrected chi connectivity index (χ2v) is 6.59. The lowest BCUT2D eigenvalue weighted by Gasteiger charge is -2.46. The molecule has 25 heavy (non-hydrogen) atoms. The van der Waals surface area contributed by atoms with E-state index in [1.807, 2.05) is 4.90 Å². The molecule has 3 rings (SSSR count). The van der Waals surface area contributed by atoms with Crippen molar-refractivity contribution < 1.29 is 19.5 Å². The predicted octanol–water partition coefficient (Wildman–Crippen LogP) is 0.343. The van der Waals surface area contributed by atoms with Crippen LogP contribution in [0.1, 0.15) is 29.6 Å². The Kier molecular flexibility index (Phi) is 4.36. The molecule has 134 valence electrons. The number of carboxylic acid groups (broad SMARTS) is 1. The summed E-state index contributed by atoms with van der Waals surface area (Å²) in [4.78, 5) is 43.7. The standard InChI is InChI=1S/C17H22N4O4/c1-18-15(23)11-4-3-7-19-14(11)21-8-5-17(6-9-21)12(16(24)25)10-13(22)20(17)2/h3-4,7,12H,5-6,8-10H2,1-2H3,(H,18,23)(H,24,25). The highest BCUT2D eigenvalue weighted by molar-refractivity contribution is 5.98. The molecule has 0 radical (unpaired) electrons. The molecule has 3 heterocycles. The van der Waals surface area contributed by atoms with E-state index in [1.165, 1.54) is 0 Å². The molecular weight excluding hydrogens is 324 g/mol. The van der Waals surface area contributed by atoms with Crippen LogP contribution in [0.2, 0.25) is 0 Å². The van der Waals surface area contributed by atoms with E-state index in [0.717, 1.165) is 0 Å². The highest BCUT2D eigenvalue weighted by Gasteiger charge is 2.55. The molecule has 2 aliphatic rings. The molecule has 0 aliphatic carbocycles. The topological polar surface area (TPSA) is 103 Å². The first-order valence-electron chi connectivity index (χ1n) is 8.32. The first kappa shape index (κ1) is 17.2. The molecule has 1 aromatic heterocycles. The summed E-state index contributed by atoms with van der Waals surface area (Å²) in [5, 5.41) is 12.1. The number of carboxylic acids is 1. The van der Waals surface area contributed by atoms with Crippen molar-refractivity contribution in [2.45, 2.75) is 24.8 Å². The summed E-state index contributed by atoms with van der Waals surface area (Å²) in [6, 6.07) is 3.43. The number of nitrogens with one attached hydrogen (secondary N) is 1. The number of anilines is 1. The van der Waals surface area contributed by atoms with Crippen molar-refractivity contribution in [1.82, 2.24) is 15.2 Å². The molecule has 8 heteroatoms. The summed E-state index contributed by atoms with van der Waals surface area (Å²) in [5.41, 5.74) is -0.159. The van der Waals surface area contributed by atoms with Crippen LogP contribution >= 0.6 is 0 Å². The third-order valence-corrected chi connectivity index (χ3v) is 5.55. The van der Waals surface area contributed by atoms with Gasteiger partial charge in [-0.15, -0.1) is 0 Å². The van der Waals surface area contributed by atoms with Gasteiger partial charge in [-0.3, -0.25) is 14.4 Å². The highest BCUT2D eigenvalue weighted by atomic mass is 16.4. The van der Waals surface area contributed by atoms with Gasteiger partial charge in [-0.2, -0.15) is 0 Å². The van der Waals surface area contributed by atoms with Crippen LogP contribution in [-0.4, -0.2) is 65.5 Å². The number of hydrogen-bond donors (Lipinski definition) is 2. The molecule has 0 aromatic carbocycles. The Bertz CT molecular complexity index is 712. The third kappa shape index (κ3) is 2.71. The van der Waals surface area contributed by atoms with Crippen LogP contribution in [0.4, 0.5) is 5.82 Å². The van der Waals surface area contributed by atoms with Crippen molar-refractivity contribution in [3.63, 3.8) is 0 Å². The number of piperidine rings is 1. The number of hydrogen-bond acceptors (Lipinski definition) is 5. The molecule has 1 spiro atoms. The minimum atomic E-state index is -0.921. The number of carbonyl (C=O) groups excluding carboxylic acids is 2. The molecule has 0 saturated carbocycles. The molecule has 0 bridgehead atoms. The smallest absolute Gasteiger partial charge is 0.309 e. The lowest BCUT2D eigenvalue weighted by atomic mass is 9.77. The van der Waals surface area contributed by atoms with Gasteiger partial charge in [0.1, 0.15) is 5.82 Å². The van der Waals surface area contributed by atoms with Gasteiger partial charge in [0, 0.05) is 39.8 Å². The zero-order valence-electron chi connectivity index (χ0n) is 14.4. The number of nitrogens with zero attached hydrogens (tertiary/aromatic N) is 3. The van der Waals surface area contributed by atoms with Crippen LogP contribution in [0, 0.1) is 5.92 Å². The molecule has 2 fully saturated rings. The van der Waals surface area contributed by atoms with Crippen LogP contribution in [0.3, 0.4) is 0 Å². The van der Waals surface area contributed by atoms with Crippen LogP contribution < -0.4 is 10.2 Å². The fourth-order valence-corrected chi connectivity index (χ4v) is 4.05. The average Bonchev–Trinajstić information content (AvgIpc) is 2.87. The Morgan fingerprint density at radius 3 is 2.64 bits per heavy atom. The molecule has 1 atom stereocenters. The molecule has 8 nitrogen and oxygen atoms in total. The lowest BCUT2D eigenvalue weighted by Crippen LogP contribution is -2.56. The maximum Gasteiger partial charge on any atom is 0.309 e. The number of pyridine rings is 1. The van der Waals surface area contributed by atoms with E-state index in [2.05, 4.69) is 10.3 Å². The molecule has 1 unspecified atom stereocenters. The fraction of sp³-hybridized carbons (Fsp3) is 0.529. The van der Waals surface area contributed by atoms with Gasteiger partial charge < -0.3 is 20.2 Å². The summed E-state index contributed by atoms with van der Waals surface area (Å²) in [7, 11) is 3.26. The molecule has 2 amide bonds. The van der Waals surface area contributed by atoms with Crippen LogP contribution in [0.15, 0.2) is 18.3 Å². The molecule has 2 aliphatic heterocycles. The minimum absolute atomic E-state index is 0.0545. The minimum Gasteiger partial charge on any atom is -0.481 e. The average molecular weight is 346 g/mol. The van der Waals surface area contributed by atoms with E-state index in [4.69, 9.17) is 0 Å². The predicted molar refractivity (Wildman–Crippen MR) is 90.3 cm³/mol. The van der Waals surface area contributed by atoms with Gasteiger partial charge in [0.25, 0.3) is 5.91 Å². The summed E-state index contributed by atoms with van der Waals surface area (Å²) in [6.45, 7) is 1.09. The molecular formula is C17H22N4O4. The Morgan fingerprint density at radius 2 is 2.04 bits per heavy atom. The van der Waals surface area contributed by atoms with Gasteiger partial charge in [0.15, 0.2) is 0 Å². The largest absolute Gasteiger partial charge is 0.481 e. The number of aromatic nitrogens is 1. The fourth-order valence-electron chi connectivity index (χ4n) is 4.05. The number of amides is 2. The van der Waals surface area contributed by atoms with Crippen molar-refractivity contribution in [1.29, 1.82) is 0 Å². The van der Waals surface area contributed by atoms with E-state index in [1.54, 1.807) is 37.3 Å². The van der Waals surface area contributed by atoms with Crippen LogP contribution in [-0.2, 0) is 9.59 Å². The van der Waals surface area contributed by atoms with Gasteiger partial charge in [-0.25, -0.2) is 4.98 Å². The van der Waals surface area contributed by atoms with Gasteiger partial charge in [0.2, 0.25) is 5.91 Å². The van der Waals surface area contributed by atoms with Crippen molar-refractivity contribution in [3.05, 3.63) is 23.9 Å². The Labute approximate surface area is 145 Å². The number of rotatable bonds is 3. The first-order chi connectivity index (χ1) is 11.9. The summed E-state index contributed by atoms with van der Waals surface area (Å²) in [6.07, 6.45) is 2.77. The Morgan fingerprint density at radius 1 is 1.36 bits per heavy atom. The Hall–Kier alpha value is -2.64. The lowest BCUT2D eigenvalue weighted by molar-refractivity contribution is -0.145. The zero-order chi connectivity index (χ0) is 18.2. The molecule has 2 saturated heterocycles. The van der Waals surface area contributed by atoms with Crippen molar-refractivity contribution in [3.8, 4) is 0 Å². The van der Waals surface area contributed by atoms with Gasteiger partial charge in [0.05, 0.1) is 17.0 Å². The van der Waals surface area contributed by atoms with Crippen molar-refractivity contribution >= 4 is 23.6 Å². The van der Waals surface area contributed by atoms with Crippen LogP contribution in [0.5, 0.6) is 0 Å². The second kappa shape index (κ2) is 6.34. The van der Waals surface area contributed by atoms with Gasteiger partial charge in [-0.1, -0.05) is 0 Å². The number of likely N-dealkylation sites (tertiary alicyclic amines) is 1. The number of carbonyl (C=O) groups is 3. The summed E-state index contributed by atoms with van der Waals surface area (Å²) >= 11 is 0. The summed E-state index contributed by atoms with van der Waals surface area (Å²) < 4.78 is 0. The Balaban J connectivity index is 1.84. The zero-order valence-corrected chi connectivity index (χ0v) is 14.4. The maximum absolute atomic E-state index is 12.1. The summed E-state index contributed by atoms with van der Waals surface area (Å²) in [5.74, 6) is -1.34. The van der Waals surface area contributed by atoms with Crippen molar-refractivity contribution in [2.24, 2.45) is 5.92 Å². The van der Waals surface area contributed by atoms with Gasteiger partial charge in [-0.05, 0) is 25.0 Å². The highest BCUT2D eigenvalue weighted by Crippen LogP contribution is 2.43. The molecule has 2 N–H and O–H groups in total. The number of aliphatic carboxylic acids is 1. The van der Waals surface area contributed by atoms with Crippen molar-refractivity contribution in [2.75, 3.05) is 32.1 Å². The van der Waals surface area contributed by atoms with E-state index in [-0.39, 0.29) is 18.2 Å². The van der Waals surface area contributed by atoms with E-state index < -0.39 is 17.4 Å². The SMILES string of the molecule is CNC(=O)c1cccnc1N1CCC2(CC1)C(C(=O)O)CC(=O)N2C. The van der Waals surface area contributed by atoms with E-state index in [9.17, 15) is 19.5 Å². The second-order valence-electron chi connectivity index (χ2n) is 6.59. The normalized spacial score (nSPS) is 22.3.